The number of carbonyl (C=O) groups excluding carboxylic acids is 4. The molecule has 4 amide bonds. The van der Waals surface area contributed by atoms with E-state index in [1.54, 1.807) is 29.5 Å². The highest BCUT2D eigenvalue weighted by atomic mass is 35.5. The first-order valence-electron chi connectivity index (χ1n) is 18.4. The molecular formula is C39H42ClF2N10O4S+. The first-order valence-corrected chi connectivity index (χ1v) is 19.7. The number of nitrogens with zero attached hydrogens (tertiary/aromatic N) is 8. The molecule has 0 bridgehead atoms. The van der Waals surface area contributed by atoms with Crippen LogP contribution in [-0.4, -0.2) is 116 Å². The highest BCUT2D eigenvalue weighted by molar-refractivity contribution is 7.13. The number of carbonyl (C=O) groups is 4. The maximum atomic E-state index is 15.7. The molecule has 2 fully saturated rings. The van der Waals surface area contributed by atoms with Gasteiger partial charge in [0.2, 0.25) is 11.8 Å². The number of benzene rings is 2. The molecule has 0 spiro atoms. The Morgan fingerprint density at radius 2 is 1.61 bits per heavy atom. The molecule has 0 aliphatic carbocycles. The molecule has 0 atom stereocenters. The van der Waals surface area contributed by atoms with Gasteiger partial charge in [0.05, 0.1) is 55.4 Å². The number of aryl methyl sites for hydroxylation is 1. The average molecular weight is 820 g/mol. The molecule has 5 heterocycles. The van der Waals surface area contributed by atoms with Gasteiger partial charge in [-0.2, -0.15) is 5.10 Å². The van der Waals surface area contributed by atoms with Gasteiger partial charge in [0.25, 0.3) is 11.8 Å². The van der Waals surface area contributed by atoms with Crippen LogP contribution in [-0.2, 0) is 23.2 Å². The summed E-state index contributed by atoms with van der Waals surface area (Å²) in [5.41, 5.74) is 1.25. The second-order valence-corrected chi connectivity index (χ2v) is 16.3. The van der Waals surface area contributed by atoms with Crippen molar-refractivity contribution in [1.82, 2.24) is 34.1 Å². The van der Waals surface area contributed by atoms with Crippen LogP contribution in [0.5, 0.6) is 0 Å². The van der Waals surface area contributed by atoms with Gasteiger partial charge in [-0.05, 0) is 31.2 Å². The zero-order valence-corrected chi connectivity index (χ0v) is 33.5. The van der Waals surface area contributed by atoms with Gasteiger partial charge < -0.3 is 29.5 Å². The van der Waals surface area contributed by atoms with E-state index in [-0.39, 0.29) is 63.4 Å². The number of rotatable bonds is 9. The summed E-state index contributed by atoms with van der Waals surface area (Å²) in [6.45, 7) is 5.11. The van der Waals surface area contributed by atoms with Gasteiger partial charge in [0.15, 0.2) is 22.6 Å². The fraction of sp³-hybridized carbons (Fsp3) is 0.359. The van der Waals surface area contributed by atoms with Crippen molar-refractivity contribution in [2.75, 3.05) is 64.0 Å². The topological polar surface area (TPSA) is 147 Å². The van der Waals surface area contributed by atoms with Crippen LogP contribution < -0.4 is 10.6 Å². The second kappa shape index (κ2) is 16.1. The third kappa shape index (κ3) is 8.45. The standard InChI is InChI=1S/C39H41ClF2N10O4S/c1-23-29(21-51(47-23)22-32(53)46-39-43-11-18-57-39)26-7-8-28(34(42)33(26)41)31-20-44-35(48(31)2)36(54)45-25-5-6-27(30(40)19-25)38(56)50-14-12-49(13-15-50)37(55)24-9-16-52(3,4)17-10-24/h5-8,11,18-21,24H,9-10,12-17,22H2,1-4H3,(H-,43,45,46,53,54,56)/p+1. The summed E-state index contributed by atoms with van der Waals surface area (Å²) in [5, 5.41) is 12.0. The third-order valence-corrected chi connectivity index (χ3v) is 11.6. The highest BCUT2D eigenvalue weighted by Gasteiger charge is 2.35. The predicted octanol–water partition coefficient (Wildman–Crippen LogP) is 5.31. The lowest BCUT2D eigenvalue weighted by molar-refractivity contribution is -0.895. The van der Waals surface area contributed by atoms with Gasteiger partial charge in [-0.1, -0.05) is 17.7 Å². The summed E-state index contributed by atoms with van der Waals surface area (Å²) in [6, 6.07) is 7.35. The lowest BCUT2D eigenvalue weighted by Crippen LogP contribution is -2.54. The minimum Gasteiger partial charge on any atom is -0.339 e. The lowest BCUT2D eigenvalue weighted by Gasteiger charge is -2.40. The van der Waals surface area contributed by atoms with Gasteiger partial charge in [-0.25, -0.2) is 18.7 Å². The summed E-state index contributed by atoms with van der Waals surface area (Å²) in [7, 11) is 5.87. The van der Waals surface area contributed by atoms with Gasteiger partial charge in [0.1, 0.15) is 6.54 Å². The van der Waals surface area contributed by atoms with Crippen molar-refractivity contribution in [1.29, 1.82) is 0 Å². The number of anilines is 2. The molecule has 5 aromatic rings. The first-order chi connectivity index (χ1) is 27.2. The quantitative estimate of drug-likeness (QED) is 0.192. The van der Waals surface area contributed by atoms with Crippen LogP contribution >= 0.6 is 22.9 Å². The van der Waals surface area contributed by atoms with Crippen LogP contribution in [0.1, 0.15) is 39.5 Å². The summed E-state index contributed by atoms with van der Waals surface area (Å²) >= 11 is 7.82. The summed E-state index contributed by atoms with van der Waals surface area (Å²) in [4.78, 5) is 64.1. The number of quaternary nitrogens is 1. The summed E-state index contributed by atoms with van der Waals surface area (Å²) in [6.07, 6.45) is 6.04. The number of piperazine rings is 1. The Kier molecular flexibility index (Phi) is 11.2. The summed E-state index contributed by atoms with van der Waals surface area (Å²) in [5.74, 6) is -3.45. The Morgan fingerprint density at radius 3 is 2.30 bits per heavy atom. The predicted molar refractivity (Wildman–Crippen MR) is 212 cm³/mol. The molecule has 0 unspecified atom stereocenters. The zero-order valence-electron chi connectivity index (χ0n) is 31.9. The first kappa shape index (κ1) is 39.7. The number of hydrogen-bond acceptors (Lipinski definition) is 8. The summed E-state index contributed by atoms with van der Waals surface area (Å²) < 4.78 is 34.9. The van der Waals surface area contributed by atoms with E-state index in [4.69, 9.17) is 11.6 Å². The van der Waals surface area contributed by atoms with Crippen LogP contribution in [0, 0.1) is 24.5 Å². The number of thiazole rings is 1. The number of likely N-dealkylation sites (tertiary alicyclic amines) is 1. The number of amides is 4. The molecule has 7 rings (SSSR count). The normalized spacial score (nSPS) is 15.8. The van der Waals surface area contributed by atoms with E-state index in [0.717, 1.165) is 30.4 Å². The molecular weight excluding hydrogens is 778 g/mol. The van der Waals surface area contributed by atoms with Crippen molar-refractivity contribution < 1.29 is 32.4 Å². The van der Waals surface area contributed by atoms with E-state index in [1.807, 2.05) is 4.90 Å². The molecule has 0 saturated carbocycles. The highest BCUT2D eigenvalue weighted by Crippen LogP contribution is 2.33. The van der Waals surface area contributed by atoms with Gasteiger partial charge in [-0.15, -0.1) is 11.3 Å². The monoisotopic (exact) mass is 819 g/mol. The molecule has 298 valence electrons. The van der Waals surface area contributed by atoms with Crippen molar-refractivity contribution in [3.63, 3.8) is 0 Å². The Balaban J connectivity index is 0.975. The van der Waals surface area contributed by atoms with E-state index in [1.165, 1.54) is 64.3 Å². The Labute approximate surface area is 336 Å². The molecule has 2 aliphatic rings. The number of nitrogens with one attached hydrogen (secondary N) is 2. The van der Waals surface area contributed by atoms with Crippen molar-refractivity contribution in [2.24, 2.45) is 13.0 Å². The van der Waals surface area contributed by atoms with Crippen molar-refractivity contribution in [3.05, 3.63) is 88.0 Å². The van der Waals surface area contributed by atoms with Crippen LogP contribution in [0.15, 0.2) is 54.3 Å². The number of imidazole rings is 1. The zero-order chi connectivity index (χ0) is 40.6. The van der Waals surface area contributed by atoms with Crippen LogP contribution in [0.25, 0.3) is 22.4 Å². The number of piperidine rings is 1. The SMILES string of the molecule is Cc1nn(CC(=O)Nc2nccs2)cc1-c1ccc(-c2cnc(C(=O)Nc3ccc(C(=O)N4CCN(C(=O)C5CC[N+](C)(C)CC5)CC4)c(Cl)c3)n2C)c(F)c1F. The molecule has 57 heavy (non-hydrogen) atoms. The van der Waals surface area contributed by atoms with E-state index in [9.17, 15) is 19.2 Å². The Hall–Kier alpha value is -5.52. The Morgan fingerprint density at radius 1 is 0.930 bits per heavy atom. The van der Waals surface area contributed by atoms with E-state index < -0.39 is 17.5 Å². The van der Waals surface area contributed by atoms with E-state index >= 15 is 8.78 Å². The van der Waals surface area contributed by atoms with Crippen LogP contribution in [0.4, 0.5) is 19.6 Å². The van der Waals surface area contributed by atoms with Crippen molar-refractivity contribution in [3.8, 4) is 22.4 Å². The largest absolute Gasteiger partial charge is 0.339 e. The third-order valence-electron chi connectivity index (χ3n) is 10.6. The molecule has 0 radical (unpaired) electrons. The van der Waals surface area contributed by atoms with Crippen LogP contribution in [0.2, 0.25) is 5.02 Å². The van der Waals surface area contributed by atoms with Gasteiger partial charge >= 0.3 is 0 Å². The van der Waals surface area contributed by atoms with E-state index in [0.29, 0.717) is 48.3 Å². The van der Waals surface area contributed by atoms with Gasteiger partial charge in [0, 0.05) is 92.1 Å². The Bertz CT molecular complexity index is 2340. The molecule has 2 aromatic carbocycles. The smallest absolute Gasteiger partial charge is 0.291 e. The second-order valence-electron chi connectivity index (χ2n) is 14.9. The molecule has 2 aliphatic heterocycles. The number of halogens is 3. The number of hydrogen-bond donors (Lipinski definition) is 2. The minimum atomic E-state index is -1.15. The molecule has 14 nitrogen and oxygen atoms in total. The fourth-order valence-corrected chi connectivity index (χ4v) is 8.11. The maximum absolute atomic E-state index is 15.7. The molecule has 18 heteroatoms. The fourth-order valence-electron chi connectivity index (χ4n) is 7.31. The average Bonchev–Trinajstić information content (AvgIpc) is 3.92. The van der Waals surface area contributed by atoms with E-state index in [2.05, 4.69) is 39.8 Å². The van der Waals surface area contributed by atoms with Crippen molar-refractivity contribution >= 4 is 57.4 Å². The molecule has 2 saturated heterocycles. The molecule has 2 N–H and O–H groups in total. The molecule has 3 aromatic heterocycles. The van der Waals surface area contributed by atoms with Crippen molar-refractivity contribution in [2.45, 2.75) is 26.3 Å². The van der Waals surface area contributed by atoms with Gasteiger partial charge in [-0.3, -0.25) is 23.9 Å². The lowest BCUT2D eigenvalue weighted by atomic mass is 9.94. The van der Waals surface area contributed by atoms with Crippen LogP contribution in [0.3, 0.4) is 0 Å². The minimum absolute atomic E-state index is 0.0280. The number of aromatic nitrogens is 5. The maximum Gasteiger partial charge on any atom is 0.291 e.